The van der Waals surface area contributed by atoms with Crippen molar-refractivity contribution in [1.29, 1.82) is 0 Å². The van der Waals surface area contributed by atoms with E-state index in [-0.39, 0.29) is 5.75 Å². The van der Waals surface area contributed by atoms with Crippen LogP contribution >= 0.6 is 0 Å². The van der Waals surface area contributed by atoms with Gasteiger partial charge in [0.15, 0.2) is 5.75 Å². The average Bonchev–Trinajstić information content (AvgIpc) is 2.20. The molecule has 0 saturated heterocycles. The van der Waals surface area contributed by atoms with E-state index in [0.29, 0.717) is 18.1 Å². The summed E-state index contributed by atoms with van der Waals surface area (Å²) in [6.07, 6.45) is 0. The van der Waals surface area contributed by atoms with E-state index >= 15 is 0 Å². The van der Waals surface area contributed by atoms with Crippen molar-refractivity contribution in [1.82, 2.24) is 0 Å². The van der Waals surface area contributed by atoms with Gasteiger partial charge in [-0.05, 0) is 19.1 Å². The zero-order valence-corrected chi connectivity index (χ0v) is 8.64. The van der Waals surface area contributed by atoms with E-state index in [0.717, 1.165) is 0 Å². The third kappa shape index (κ3) is 3.34. The van der Waals surface area contributed by atoms with Crippen LogP contribution in [0.15, 0.2) is 18.2 Å². The van der Waals surface area contributed by atoms with Crippen LogP contribution in [0, 0.1) is 0 Å². The van der Waals surface area contributed by atoms with Crippen molar-refractivity contribution in [3.63, 3.8) is 0 Å². The topological polar surface area (TPSA) is 68.2 Å². The number of ether oxygens (including phenoxy) is 2. The maximum Gasteiger partial charge on any atom is 0.707 e. The smallest absolute Gasteiger partial charge is 0.509 e. The molecule has 1 aromatic carbocycles. The van der Waals surface area contributed by atoms with Gasteiger partial charge < -0.3 is 24.2 Å². The number of hydrogen-bond donors (Lipinski definition) is 2. The van der Waals surface area contributed by atoms with Gasteiger partial charge >= 0.3 is 7.32 Å². The van der Waals surface area contributed by atoms with Gasteiger partial charge in [-0.3, -0.25) is 0 Å². The molecule has 0 radical (unpaired) electrons. The van der Waals surface area contributed by atoms with Gasteiger partial charge in [0.05, 0.1) is 13.7 Å². The predicted molar refractivity (Wildman–Crippen MR) is 55.0 cm³/mol. The molecule has 0 unspecified atom stereocenters. The van der Waals surface area contributed by atoms with Gasteiger partial charge in [0.25, 0.3) is 0 Å². The molecule has 0 aliphatic heterocycles. The summed E-state index contributed by atoms with van der Waals surface area (Å²) in [5.74, 6) is 1.21. The van der Waals surface area contributed by atoms with E-state index in [2.05, 4.69) is 0 Å². The molecular weight excluding hydrogens is 199 g/mol. The third-order valence-corrected chi connectivity index (χ3v) is 1.68. The van der Waals surface area contributed by atoms with Crippen molar-refractivity contribution in [2.75, 3.05) is 13.7 Å². The van der Waals surface area contributed by atoms with Crippen LogP contribution < -0.4 is 14.1 Å². The molecular formula is C9H13BO5. The molecule has 0 atom stereocenters. The maximum atomic E-state index is 8.70. The van der Waals surface area contributed by atoms with E-state index in [1.54, 1.807) is 12.1 Å². The molecule has 6 heteroatoms. The molecule has 15 heavy (non-hydrogen) atoms. The lowest BCUT2D eigenvalue weighted by molar-refractivity contribution is 0.270. The molecule has 0 heterocycles. The molecule has 82 valence electrons. The van der Waals surface area contributed by atoms with Crippen LogP contribution in [0.5, 0.6) is 17.2 Å². The van der Waals surface area contributed by atoms with E-state index in [1.807, 2.05) is 6.92 Å². The Balaban J connectivity index is 2.93. The van der Waals surface area contributed by atoms with Gasteiger partial charge in [0, 0.05) is 6.07 Å². The van der Waals surface area contributed by atoms with E-state index in [4.69, 9.17) is 24.2 Å². The molecule has 2 N–H and O–H groups in total. The van der Waals surface area contributed by atoms with Crippen LogP contribution in [0.3, 0.4) is 0 Å². The minimum atomic E-state index is -1.88. The molecule has 0 amide bonds. The monoisotopic (exact) mass is 212 g/mol. The first kappa shape index (κ1) is 11.7. The molecule has 0 bridgehead atoms. The summed E-state index contributed by atoms with van der Waals surface area (Å²) in [5, 5.41) is 17.4. The van der Waals surface area contributed by atoms with Gasteiger partial charge in [-0.2, -0.15) is 0 Å². The Morgan fingerprint density at radius 2 is 2.00 bits per heavy atom. The highest BCUT2D eigenvalue weighted by Crippen LogP contribution is 2.31. The van der Waals surface area contributed by atoms with Crippen LogP contribution in [0.4, 0.5) is 0 Å². The number of methoxy groups -OCH3 is 1. The molecule has 0 aromatic heterocycles. The Hall–Kier alpha value is -1.40. The summed E-state index contributed by atoms with van der Waals surface area (Å²) >= 11 is 0. The van der Waals surface area contributed by atoms with Gasteiger partial charge in [-0.15, -0.1) is 0 Å². The zero-order chi connectivity index (χ0) is 11.3. The first-order valence-electron chi connectivity index (χ1n) is 4.51. The summed E-state index contributed by atoms with van der Waals surface area (Å²) < 4.78 is 15.0. The average molecular weight is 212 g/mol. The van der Waals surface area contributed by atoms with Crippen molar-refractivity contribution < 1.29 is 24.2 Å². The SMILES string of the molecule is CCOc1ccc(OC)cc1OB(O)O. The Kier molecular flexibility index (Phi) is 4.26. The molecule has 0 aliphatic rings. The molecule has 0 fully saturated rings. The van der Waals surface area contributed by atoms with Gasteiger partial charge in [0.1, 0.15) is 11.5 Å². The fraction of sp³-hybridized carbons (Fsp3) is 0.333. The lowest BCUT2D eigenvalue weighted by Crippen LogP contribution is -2.21. The van der Waals surface area contributed by atoms with Crippen LogP contribution in [-0.4, -0.2) is 31.1 Å². The Labute approximate surface area is 88.4 Å². The molecule has 1 aromatic rings. The van der Waals surface area contributed by atoms with E-state index in [1.165, 1.54) is 13.2 Å². The third-order valence-electron chi connectivity index (χ3n) is 1.68. The first-order valence-corrected chi connectivity index (χ1v) is 4.51. The second-order valence-electron chi connectivity index (χ2n) is 2.69. The second-order valence-corrected chi connectivity index (χ2v) is 2.69. The summed E-state index contributed by atoms with van der Waals surface area (Å²) in [5.41, 5.74) is 0. The lowest BCUT2D eigenvalue weighted by atomic mass is 10.2. The summed E-state index contributed by atoms with van der Waals surface area (Å²) in [6.45, 7) is 2.29. The Bertz CT molecular complexity index is 315. The highest BCUT2D eigenvalue weighted by molar-refractivity contribution is 6.33. The van der Waals surface area contributed by atoms with Crippen molar-refractivity contribution >= 4 is 7.32 Å². The molecule has 0 aliphatic carbocycles. The highest BCUT2D eigenvalue weighted by atomic mass is 16.6. The predicted octanol–water partition coefficient (Wildman–Crippen LogP) is 0.442. The molecule has 0 saturated carbocycles. The van der Waals surface area contributed by atoms with Gasteiger partial charge in [-0.1, -0.05) is 0 Å². The zero-order valence-electron chi connectivity index (χ0n) is 8.64. The van der Waals surface area contributed by atoms with Crippen molar-refractivity contribution in [3.05, 3.63) is 18.2 Å². The van der Waals surface area contributed by atoms with Crippen molar-refractivity contribution in [2.24, 2.45) is 0 Å². The minimum Gasteiger partial charge on any atom is -0.509 e. The van der Waals surface area contributed by atoms with E-state index in [9.17, 15) is 0 Å². The van der Waals surface area contributed by atoms with Gasteiger partial charge in [-0.25, -0.2) is 0 Å². The minimum absolute atomic E-state index is 0.228. The standard InChI is InChI=1S/C9H13BO5/c1-3-14-8-5-4-7(13-2)6-9(8)15-10(11)12/h4-6,11-12H,3H2,1-2H3. The fourth-order valence-corrected chi connectivity index (χ4v) is 1.10. The van der Waals surface area contributed by atoms with Crippen LogP contribution in [-0.2, 0) is 0 Å². The summed E-state index contributed by atoms with van der Waals surface area (Å²) in [7, 11) is -0.370. The molecule has 1 rings (SSSR count). The van der Waals surface area contributed by atoms with Crippen LogP contribution in [0.1, 0.15) is 6.92 Å². The van der Waals surface area contributed by atoms with Crippen LogP contribution in [0.25, 0.3) is 0 Å². The molecule has 0 spiro atoms. The lowest BCUT2D eigenvalue weighted by Gasteiger charge is -2.12. The fourth-order valence-electron chi connectivity index (χ4n) is 1.10. The highest BCUT2D eigenvalue weighted by Gasteiger charge is 2.15. The van der Waals surface area contributed by atoms with Crippen molar-refractivity contribution in [2.45, 2.75) is 6.92 Å². The number of benzene rings is 1. The second kappa shape index (κ2) is 5.48. The first-order chi connectivity index (χ1) is 7.17. The van der Waals surface area contributed by atoms with Gasteiger partial charge in [0.2, 0.25) is 0 Å². The summed E-state index contributed by atoms with van der Waals surface area (Å²) in [4.78, 5) is 0. The Morgan fingerprint density at radius 1 is 1.27 bits per heavy atom. The number of rotatable bonds is 5. The van der Waals surface area contributed by atoms with Crippen LogP contribution in [0.2, 0.25) is 0 Å². The Morgan fingerprint density at radius 3 is 2.53 bits per heavy atom. The normalized spacial score (nSPS) is 9.60. The van der Waals surface area contributed by atoms with Crippen molar-refractivity contribution in [3.8, 4) is 17.2 Å². The quantitative estimate of drug-likeness (QED) is 0.693. The molecule has 5 nitrogen and oxygen atoms in total. The van der Waals surface area contributed by atoms with E-state index < -0.39 is 7.32 Å². The number of hydrogen-bond acceptors (Lipinski definition) is 5. The maximum absolute atomic E-state index is 8.70. The summed E-state index contributed by atoms with van der Waals surface area (Å²) in [6, 6.07) is 4.85. The largest absolute Gasteiger partial charge is 0.707 e.